The van der Waals surface area contributed by atoms with E-state index in [1.165, 1.54) is 5.56 Å². The third-order valence-corrected chi connectivity index (χ3v) is 6.02. The van der Waals surface area contributed by atoms with E-state index in [9.17, 15) is 4.79 Å². The molecule has 0 spiro atoms. The lowest BCUT2D eigenvalue weighted by Crippen LogP contribution is -2.24. The first kappa shape index (κ1) is 19.3. The van der Waals surface area contributed by atoms with Crippen molar-refractivity contribution in [1.29, 1.82) is 0 Å². The van der Waals surface area contributed by atoms with Gasteiger partial charge in [0.2, 0.25) is 5.91 Å². The first-order valence-corrected chi connectivity index (χ1v) is 10.5. The lowest BCUT2D eigenvalue weighted by atomic mass is 9.76. The Balaban J connectivity index is 1.16. The summed E-state index contributed by atoms with van der Waals surface area (Å²) in [5.41, 5.74) is 3.23. The third-order valence-electron chi connectivity index (χ3n) is 6.02. The van der Waals surface area contributed by atoms with E-state index in [-0.39, 0.29) is 5.91 Å². The predicted octanol–water partition coefficient (Wildman–Crippen LogP) is 4.74. The molecule has 156 valence electrons. The highest BCUT2D eigenvalue weighted by molar-refractivity contribution is 5.92. The van der Waals surface area contributed by atoms with E-state index >= 15 is 0 Å². The van der Waals surface area contributed by atoms with Crippen LogP contribution >= 0.6 is 0 Å². The maximum absolute atomic E-state index is 12.5. The molecule has 0 bridgehead atoms. The number of pyridine rings is 1. The zero-order chi connectivity index (χ0) is 21.2. The third kappa shape index (κ3) is 4.14. The second-order valence-corrected chi connectivity index (χ2v) is 8.06. The number of amides is 1. The predicted molar refractivity (Wildman–Crippen MR) is 120 cm³/mol. The fourth-order valence-electron chi connectivity index (χ4n) is 4.19. The van der Waals surface area contributed by atoms with Crippen molar-refractivity contribution in [3.63, 3.8) is 0 Å². The van der Waals surface area contributed by atoms with Gasteiger partial charge in [0.05, 0.1) is 25.4 Å². The molecule has 0 atom stereocenters. The molecule has 1 fully saturated rings. The number of fused-ring (bicyclic) bond motifs is 1. The van der Waals surface area contributed by atoms with E-state index in [2.05, 4.69) is 32.0 Å². The number of ether oxygens (including phenoxy) is 1. The van der Waals surface area contributed by atoms with Crippen LogP contribution in [-0.2, 0) is 11.2 Å². The van der Waals surface area contributed by atoms with E-state index in [1.807, 2.05) is 55.0 Å². The van der Waals surface area contributed by atoms with E-state index in [1.54, 1.807) is 13.3 Å². The van der Waals surface area contributed by atoms with Crippen LogP contribution in [-0.4, -0.2) is 27.6 Å². The van der Waals surface area contributed by atoms with Gasteiger partial charge in [0, 0.05) is 23.8 Å². The molecule has 31 heavy (non-hydrogen) atoms. The molecule has 0 saturated heterocycles. The van der Waals surface area contributed by atoms with Gasteiger partial charge >= 0.3 is 0 Å². The lowest BCUT2D eigenvalue weighted by molar-refractivity contribution is -0.115. The second kappa shape index (κ2) is 8.22. The zero-order valence-electron chi connectivity index (χ0n) is 17.4. The number of nitrogens with one attached hydrogen (secondary N) is 1. The highest BCUT2D eigenvalue weighted by Crippen LogP contribution is 2.45. The topological polar surface area (TPSA) is 69.0 Å². The smallest absolute Gasteiger partial charge is 0.229 e. The van der Waals surface area contributed by atoms with Crippen LogP contribution in [0.25, 0.3) is 10.9 Å². The van der Waals surface area contributed by atoms with Gasteiger partial charge in [-0.05, 0) is 60.2 Å². The van der Waals surface area contributed by atoms with Crippen LogP contribution in [0.1, 0.15) is 35.9 Å². The Kier molecular flexibility index (Phi) is 5.12. The number of methoxy groups -OCH3 is 1. The molecule has 6 nitrogen and oxygen atoms in total. The molecule has 1 N–H and O–H groups in total. The standard InChI is InChI=1S/C25H24N4O2/c1-31-22-7-5-18(6-8-22)20-13-21(14-20)29-15-24(27-16-29)28-25(30)12-17-4-9-23-19(11-17)3-2-10-26-23/h2-11,15-16,20-21H,12-14H2,1H3,(H,28,30)/t20-,21+. The summed E-state index contributed by atoms with van der Waals surface area (Å²) in [5.74, 6) is 1.97. The summed E-state index contributed by atoms with van der Waals surface area (Å²) in [6, 6.07) is 18.5. The Bertz CT molecular complexity index is 1210. The summed E-state index contributed by atoms with van der Waals surface area (Å²) < 4.78 is 7.34. The number of hydrogen-bond donors (Lipinski definition) is 1. The van der Waals surface area contributed by atoms with Gasteiger partial charge in [-0.15, -0.1) is 0 Å². The summed E-state index contributed by atoms with van der Waals surface area (Å²) in [4.78, 5) is 21.2. The molecular formula is C25H24N4O2. The number of hydrogen-bond acceptors (Lipinski definition) is 4. The number of benzene rings is 2. The molecule has 0 radical (unpaired) electrons. The van der Waals surface area contributed by atoms with Crippen LogP contribution in [0.3, 0.4) is 0 Å². The molecule has 5 rings (SSSR count). The highest BCUT2D eigenvalue weighted by Gasteiger charge is 2.31. The highest BCUT2D eigenvalue weighted by atomic mass is 16.5. The van der Waals surface area contributed by atoms with Gasteiger partial charge in [-0.3, -0.25) is 9.78 Å². The van der Waals surface area contributed by atoms with E-state index in [4.69, 9.17) is 4.74 Å². The zero-order valence-corrected chi connectivity index (χ0v) is 17.4. The van der Waals surface area contributed by atoms with Gasteiger partial charge in [-0.25, -0.2) is 4.98 Å². The fraction of sp³-hybridized carbons (Fsp3) is 0.240. The Morgan fingerprint density at radius 2 is 1.97 bits per heavy atom. The van der Waals surface area contributed by atoms with Crippen molar-refractivity contribution in [1.82, 2.24) is 14.5 Å². The van der Waals surface area contributed by atoms with Crippen LogP contribution in [0.2, 0.25) is 0 Å². The molecule has 2 aromatic carbocycles. The van der Waals surface area contributed by atoms with Crippen LogP contribution in [0.15, 0.2) is 73.3 Å². The molecular weight excluding hydrogens is 388 g/mol. The van der Waals surface area contributed by atoms with Crippen molar-refractivity contribution in [2.75, 3.05) is 12.4 Å². The monoisotopic (exact) mass is 412 g/mol. The largest absolute Gasteiger partial charge is 0.497 e. The van der Waals surface area contributed by atoms with Gasteiger partial charge < -0.3 is 14.6 Å². The average molecular weight is 412 g/mol. The minimum Gasteiger partial charge on any atom is -0.497 e. The number of aromatic nitrogens is 3. The molecule has 0 aliphatic heterocycles. The number of imidazole rings is 1. The summed E-state index contributed by atoms with van der Waals surface area (Å²) in [5, 5.41) is 3.95. The summed E-state index contributed by atoms with van der Waals surface area (Å²) >= 11 is 0. The fourth-order valence-corrected chi connectivity index (χ4v) is 4.19. The Morgan fingerprint density at radius 3 is 2.77 bits per heavy atom. The van der Waals surface area contributed by atoms with Crippen molar-refractivity contribution < 1.29 is 9.53 Å². The quantitative estimate of drug-likeness (QED) is 0.497. The Morgan fingerprint density at radius 1 is 1.13 bits per heavy atom. The molecule has 1 amide bonds. The van der Waals surface area contributed by atoms with Crippen LogP contribution < -0.4 is 10.1 Å². The summed E-state index contributed by atoms with van der Waals surface area (Å²) in [6.45, 7) is 0. The number of rotatable bonds is 6. The second-order valence-electron chi connectivity index (χ2n) is 8.06. The lowest BCUT2D eigenvalue weighted by Gasteiger charge is -2.36. The molecule has 1 saturated carbocycles. The molecule has 0 unspecified atom stereocenters. The number of carbonyl (C=O) groups excluding carboxylic acids is 1. The maximum atomic E-state index is 12.5. The van der Waals surface area contributed by atoms with Crippen LogP contribution in [0.4, 0.5) is 5.82 Å². The molecule has 4 aromatic rings. The summed E-state index contributed by atoms with van der Waals surface area (Å²) in [6.07, 6.45) is 7.96. The first-order chi connectivity index (χ1) is 15.2. The van der Waals surface area contributed by atoms with Crippen molar-refractivity contribution >= 4 is 22.6 Å². The van der Waals surface area contributed by atoms with Crippen LogP contribution in [0.5, 0.6) is 5.75 Å². The van der Waals surface area contributed by atoms with E-state index in [0.29, 0.717) is 24.2 Å². The minimum absolute atomic E-state index is 0.0711. The molecule has 2 heterocycles. The van der Waals surface area contributed by atoms with Crippen molar-refractivity contribution in [2.45, 2.75) is 31.2 Å². The SMILES string of the molecule is COc1ccc([C@H]2C[C@@H](n3cnc(NC(=O)Cc4ccc5ncccc5c4)c3)C2)cc1. The Hall–Kier alpha value is -3.67. The Labute approximate surface area is 180 Å². The van der Waals surface area contributed by atoms with Crippen molar-refractivity contribution in [2.24, 2.45) is 0 Å². The van der Waals surface area contributed by atoms with Gasteiger partial charge in [-0.2, -0.15) is 0 Å². The average Bonchev–Trinajstić information content (AvgIpc) is 3.20. The van der Waals surface area contributed by atoms with Crippen molar-refractivity contribution in [3.05, 3.63) is 84.4 Å². The van der Waals surface area contributed by atoms with E-state index < -0.39 is 0 Å². The first-order valence-electron chi connectivity index (χ1n) is 10.5. The number of anilines is 1. The van der Waals surface area contributed by atoms with Crippen LogP contribution in [0, 0.1) is 0 Å². The van der Waals surface area contributed by atoms with Gasteiger partial charge in [0.25, 0.3) is 0 Å². The molecule has 6 heteroatoms. The van der Waals surface area contributed by atoms with Gasteiger partial charge in [0.15, 0.2) is 5.82 Å². The maximum Gasteiger partial charge on any atom is 0.229 e. The van der Waals surface area contributed by atoms with E-state index in [0.717, 1.165) is 35.1 Å². The van der Waals surface area contributed by atoms with Crippen molar-refractivity contribution in [3.8, 4) is 5.75 Å². The number of nitrogens with zero attached hydrogens (tertiary/aromatic N) is 3. The number of carbonyl (C=O) groups is 1. The summed E-state index contributed by atoms with van der Waals surface area (Å²) in [7, 11) is 1.68. The molecule has 1 aliphatic carbocycles. The van der Waals surface area contributed by atoms with Gasteiger partial charge in [-0.1, -0.05) is 24.3 Å². The molecule has 2 aromatic heterocycles. The normalized spacial score (nSPS) is 17.8. The molecule has 1 aliphatic rings. The minimum atomic E-state index is -0.0711. The van der Waals surface area contributed by atoms with Gasteiger partial charge in [0.1, 0.15) is 5.75 Å².